The summed E-state index contributed by atoms with van der Waals surface area (Å²) < 4.78 is 11.9. The average molecular weight is 384 g/mol. The number of carbonyl (C=O) groups is 1. The first kappa shape index (κ1) is 21.8. The molecule has 0 saturated heterocycles. The second-order valence-corrected chi connectivity index (χ2v) is 7.58. The Kier molecular flexibility index (Phi) is 8.37. The minimum Gasteiger partial charge on any atom is -0.493 e. The number of ether oxygens (including phenoxy) is 2. The average Bonchev–Trinajstić information content (AvgIpc) is 2.70. The van der Waals surface area contributed by atoms with Gasteiger partial charge >= 0.3 is 0 Å². The number of carbonyl (C=O) groups excluding carboxylic acids is 1. The molecule has 0 aromatic heterocycles. The number of nitrogens with one attached hydrogen (secondary N) is 1. The van der Waals surface area contributed by atoms with Crippen LogP contribution in [-0.4, -0.2) is 18.6 Å². The molecule has 0 heterocycles. The van der Waals surface area contributed by atoms with Crippen molar-refractivity contribution in [2.45, 2.75) is 59.5 Å². The van der Waals surface area contributed by atoms with Crippen LogP contribution in [0.4, 0.5) is 5.69 Å². The van der Waals surface area contributed by atoms with E-state index in [1.54, 1.807) is 0 Å². The summed E-state index contributed by atoms with van der Waals surface area (Å²) in [5, 5.41) is 2.96. The van der Waals surface area contributed by atoms with Gasteiger partial charge in [0.15, 0.2) is 6.10 Å². The fourth-order valence-corrected chi connectivity index (χ4v) is 2.84. The van der Waals surface area contributed by atoms with E-state index in [1.165, 1.54) is 0 Å². The van der Waals surface area contributed by atoms with Crippen LogP contribution in [0, 0.1) is 5.92 Å². The lowest BCUT2D eigenvalue weighted by atomic mass is 9.98. The van der Waals surface area contributed by atoms with Gasteiger partial charge in [0.05, 0.1) is 6.61 Å². The predicted molar refractivity (Wildman–Crippen MR) is 115 cm³/mol. The number of para-hydroxylation sites is 1. The van der Waals surface area contributed by atoms with E-state index in [0.29, 0.717) is 30.6 Å². The highest BCUT2D eigenvalue weighted by Gasteiger charge is 2.21. The van der Waals surface area contributed by atoms with E-state index in [1.807, 2.05) is 49.4 Å². The Balaban J connectivity index is 2.07. The van der Waals surface area contributed by atoms with E-state index in [4.69, 9.17) is 9.47 Å². The molecular weight excluding hydrogens is 350 g/mol. The van der Waals surface area contributed by atoms with Gasteiger partial charge in [-0.05, 0) is 48.4 Å². The zero-order chi connectivity index (χ0) is 20.5. The minimum atomic E-state index is -0.551. The Morgan fingerprint density at radius 1 is 1.00 bits per heavy atom. The molecule has 4 nitrogen and oxygen atoms in total. The third-order valence-corrected chi connectivity index (χ3v) is 4.68. The molecule has 0 spiro atoms. The molecule has 0 aliphatic carbocycles. The van der Waals surface area contributed by atoms with Crippen LogP contribution in [0.3, 0.4) is 0 Å². The normalized spacial score (nSPS) is 13.1. The molecule has 152 valence electrons. The SMILES string of the molecule is CCC(Oc1ccccc1C(C)CC)C(=O)Nc1cccc(OCC(C)C)c1. The highest BCUT2D eigenvalue weighted by atomic mass is 16.5. The van der Waals surface area contributed by atoms with Crippen LogP contribution in [0.1, 0.15) is 58.9 Å². The van der Waals surface area contributed by atoms with E-state index in [9.17, 15) is 4.79 Å². The van der Waals surface area contributed by atoms with Crippen LogP contribution in [0.15, 0.2) is 48.5 Å². The molecule has 0 bridgehead atoms. The monoisotopic (exact) mass is 383 g/mol. The summed E-state index contributed by atoms with van der Waals surface area (Å²) in [5.74, 6) is 2.21. The van der Waals surface area contributed by atoms with Crippen LogP contribution in [0.5, 0.6) is 11.5 Å². The van der Waals surface area contributed by atoms with E-state index >= 15 is 0 Å². The number of anilines is 1. The third-order valence-electron chi connectivity index (χ3n) is 4.68. The molecule has 1 amide bonds. The molecule has 28 heavy (non-hydrogen) atoms. The number of hydrogen-bond acceptors (Lipinski definition) is 3. The van der Waals surface area contributed by atoms with Crippen molar-refractivity contribution in [3.05, 3.63) is 54.1 Å². The van der Waals surface area contributed by atoms with Gasteiger partial charge in [0, 0.05) is 11.8 Å². The zero-order valence-corrected chi connectivity index (χ0v) is 17.7. The largest absolute Gasteiger partial charge is 0.493 e. The maximum atomic E-state index is 12.8. The van der Waals surface area contributed by atoms with E-state index in [2.05, 4.69) is 39.1 Å². The molecule has 1 N–H and O–H groups in total. The summed E-state index contributed by atoms with van der Waals surface area (Å²) in [4.78, 5) is 12.8. The lowest BCUT2D eigenvalue weighted by Gasteiger charge is -2.21. The van der Waals surface area contributed by atoms with Gasteiger partial charge in [0.2, 0.25) is 0 Å². The fourth-order valence-electron chi connectivity index (χ4n) is 2.84. The van der Waals surface area contributed by atoms with Crippen molar-refractivity contribution in [2.75, 3.05) is 11.9 Å². The molecule has 2 atom stereocenters. The molecule has 4 heteroatoms. The lowest BCUT2D eigenvalue weighted by molar-refractivity contribution is -0.122. The van der Waals surface area contributed by atoms with Gasteiger partial charge in [-0.2, -0.15) is 0 Å². The van der Waals surface area contributed by atoms with Crippen molar-refractivity contribution in [2.24, 2.45) is 5.92 Å². The molecule has 0 aliphatic heterocycles. The van der Waals surface area contributed by atoms with Gasteiger partial charge in [0.1, 0.15) is 11.5 Å². The van der Waals surface area contributed by atoms with Gasteiger partial charge in [-0.15, -0.1) is 0 Å². The fraction of sp³-hybridized carbons (Fsp3) is 0.458. The van der Waals surface area contributed by atoms with E-state index < -0.39 is 6.10 Å². The minimum absolute atomic E-state index is 0.150. The molecule has 0 radical (unpaired) electrons. The van der Waals surface area contributed by atoms with Crippen LogP contribution < -0.4 is 14.8 Å². The molecule has 2 unspecified atom stereocenters. The molecular formula is C24H33NO3. The van der Waals surface area contributed by atoms with Crippen LogP contribution in [-0.2, 0) is 4.79 Å². The quantitative estimate of drug-likeness (QED) is 0.545. The molecule has 2 aromatic rings. The second kappa shape index (κ2) is 10.7. The van der Waals surface area contributed by atoms with Gasteiger partial charge in [-0.1, -0.05) is 58.9 Å². The number of rotatable bonds is 10. The summed E-state index contributed by atoms with van der Waals surface area (Å²) in [5.41, 5.74) is 1.85. The first-order valence-corrected chi connectivity index (χ1v) is 10.2. The Bertz CT molecular complexity index is 757. The Labute approximate surface area is 169 Å². The maximum absolute atomic E-state index is 12.8. The summed E-state index contributed by atoms with van der Waals surface area (Å²) in [6.07, 6.45) is 1.06. The number of amides is 1. The van der Waals surface area contributed by atoms with Crippen LogP contribution >= 0.6 is 0 Å². The standard InChI is InChI=1S/C24H33NO3/c1-6-18(5)21-13-8-9-14-23(21)28-22(7-2)24(26)25-19-11-10-12-20(15-19)27-16-17(3)4/h8-15,17-18,22H,6-7,16H2,1-5H3,(H,25,26). The molecule has 2 rings (SSSR count). The summed E-state index contributed by atoms with van der Waals surface area (Å²) in [7, 11) is 0. The van der Waals surface area contributed by atoms with Crippen LogP contribution in [0.2, 0.25) is 0 Å². The zero-order valence-electron chi connectivity index (χ0n) is 17.7. The third kappa shape index (κ3) is 6.29. The van der Waals surface area contributed by atoms with Crippen molar-refractivity contribution in [1.29, 1.82) is 0 Å². The molecule has 0 aliphatic rings. The van der Waals surface area contributed by atoms with Crippen molar-refractivity contribution >= 4 is 11.6 Å². The van der Waals surface area contributed by atoms with E-state index in [-0.39, 0.29) is 5.91 Å². The summed E-state index contributed by atoms with van der Waals surface area (Å²) in [6.45, 7) is 11.1. The van der Waals surface area contributed by atoms with Gasteiger partial charge in [-0.25, -0.2) is 0 Å². The van der Waals surface area contributed by atoms with Gasteiger partial charge < -0.3 is 14.8 Å². The highest BCUT2D eigenvalue weighted by Crippen LogP contribution is 2.29. The topological polar surface area (TPSA) is 47.6 Å². The molecule has 2 aromatic carbocycles. The van der Waals surface area contributed by atoms with Gasteiger partial charge in [0.25, 0.3) is 5.91 Å². The Morgan fingerprint density at radius 2 is 1.75 bits per heavy atom. The first-order valence-electron chi connectivity index (χ1n) is 10.2. The Morgan fingerprint density at radius 3 is 2.43 bits per heavy atom. The van der Waals surface area contributed by atoms with Crippen molar-refractivity contribution in [1.82, 2.24) is 0 Å². The summed E-state index contributed by atoms with van der Waals surface area (Å²) >= 11 is 0. The lowest BCUT2D eigenvalue weighted by Crippen LogP contribution is -2.32. The van der Waals surface area contributed by atoms with Crippen molar-refractivity contribution < 1.29 is 14.3 Å². The van der Waals surface area contributed by atoms with Gasteiger partial charge in [-0.3, -0.25) is 4.79 Å². The Hall–Kier alpha value is -2.49. The molecule has 0 saturated carbocycles. The van der Waals surface area contributed by atoms with E-state index in [0.717, 1.165) is 23.5 Å². The first-order chi connectivity index (χ1) is 13.4. The maximum Gasteiger partial charge on any atom is 0.265 e. The van der Waals surface area contributed by atoms with Crippen LogP contribution in [0.25, 0.3) is 0 Å². The number of benzene rings is 2. The second-order valence-electron chi connectivity index (χ2n) is 7.58. The van der Waals surface area contributed by atoms with Crippen molar-refractivity contribution in [3.63, 3.8) is 0 Å². The van der Waals surface area contributed by atoms with Crippen molar-refractivity contribution in [3.8, 4) is 11.5 Å². The predicted octanol–water partition coefficient (Wildman–Crippen LogP) is 6.03. The smallest absolute Gasteiger partial charge is 0.265 e. The highest BCUT2D eigenvalue weighted by molar-refractivity contribution is 5.94. The summed E-state index contributed by atoms with van der Waals surface area (Å²) in [6, 6.07) is 15.5. The molecule has 0 fully saturated rings. The number of hydrogen-bond donors (Lipinski definition) is 1.